The first kappa shape index (κ1) is 15.9. The van der Waals surface area contributed by atoms with Gasteiger partial charge in [0.2, 0.25) is 5.82 Å². The average molecular weight is 341 g/mol. The molecule has 0 saturated carbocycles. The minimum atomic E-state index is -0.519. The molecule has 8 heteroatoms. The number of amides is 2. The highest BCUT2D eigenvalue weighted by Gasteiger charge is 2.19. The molecule has 3 aromatic rings. The van der Waals surface area contributed by atoms with Crippen molar-refractivity contribution in [2.75, 3.05) is 5.32 Å². The summed E-state index contributed by atoms with van der Waals surface area (Å²) in [7, 11) is 1.59. The van der Waals surface area contributed by atoms with E-state index in [1.165, 1.54) is 28.3 Å². The number of hydrogen-bond donors (Lipinski definition) is 2. The second-order valence-corrected chi connectivity index (χ2v) is 5.93. The van der Waals surface area contributed by atoms with Crippen molar-refractivity contribution in [2.24, 2.45) is 7.05 Å². The zero-order valence-corrected chi connectivity index (χ0v) is 13.7. The predicted octanol–water partition coefficient (Wildman–Crippen LogP) is 2.15. The third-order valence-electron chi connectivity index (χ3n) is 3.36. The second-order valence-electron chi connectivity index (χ2n) is 5.00. The van der Waals surface area contributed by atoms with Crippen LogP contribution in [0.25, 0.3) is 0 Å². The zero-order chi connectivity index (χ0) is 16.9. The van der Waals surface area contributed by atoms with Gasteiger partial charge in [-0.2, -0.15) is 0 Å². The van der Waals surface area contributed by atoms with Crippen LogP contribution in [0, 0.1) is 0 Å². The standard InChI is InChI=1S/C16H15N5O2S/c1-21-9-7-17-13(15(21)22)20-16(23)19-12(14-18-8-10-24-14)11-5-3-2-4-6-11/h2-10,12H,1H3,(H2,17,19,20,23)/t12-/m0/s1. The molecule has 0 saturated heterocycles. The van der Waals surface area contributed by atoms with E-state index in [-0.39, 0.29) is 11.4 Å². The number of aryl methyl sites for hydroxylation is 1. The van der Waals surface area contributed by atoms with E-state index < -0.39 is 12.1 Å². The van der Waals surface area contributed by atoms with E-state index >= 15 is 0 Å². The van der Waals surface area contributed by atoms with Crippen molar-refractivity contribution in [3.05, 3.63) is 75.2 Å². The number of aromatic nitrogens is 3. The Labute approximate surface area is 142 Å². The Morgan fingerprint density at radius 1 is 1.21 bits per heavy atom. The lowest BCUT2D eigenvalue weighted by molar-refractivity contribution is 0.250. The molecule has 0 aliphatic heterocycles. The Morgan fingerprint density at radius 3 is 2.71 bits per heavy atom. The average Bonchev–Trinajstić information content (AvgIpc) is 3.12. The van der Waals surface area contributed by atoms with Gasteiger partial charge in [0.15, 0.2) is 0 Å². The van der Waals surface area contributed by atoms with Crippen LogP contribution in [0.2, 0.25) is 0 Å². The molecule has 0 aliphatic carbocycles. The van der Waals surface area contributed by atoms with Gasteiger partial charge in [-0.25, -0.2) is 14.8 Å². The van der Waals surface area contributed by atoms with Gasteiger partial charge in [0.25, 0.3) is 5.56 Å². The number of urea groups is 1. The summed E-state index contributed by atoms with van der Waals surface area (Å²) in [6.45, 7) is 0. The SMILES string of the molecule is Cn1ccnc(NC(=O)N[C@@H](c2ccccc2)c2nccs2)c1=O. The van der Waals surface area contributed by atoms with Gasteiger partial charge in [0.1, 0.15) is 11.0 Å². The van der Waals surface area contributed by atoms with E-state index in [9.17, 15) is 9.59 Å². The highest BCUT2D eigenvalue weighted by atomic mass is 32.1. The Hall–Kier alpha value is -3.00. The van der Waals surface area contributed by atoms with Gasteiger partial charge < -0.3 is 9.88 Å². The molecule has 1 atom stereocenters. The molecule has 7 nitrogen and oxygen atoms in total. The maximum atomic E-state index is 12.3. The smallest absolute Gasteiger partial charge is 0.321 e. The summed E-state index contributed by atoms with van der Waals surface area (Å²) in [4.78, 5) is 32.4. The van der Waals surface area contributed by atoms with E-state index in [1.54, 1.807) is 13.2 Å². The number of nitrogens with zero attached hydrogens (tertiary/aromatic N) is 3. The van der Waals surface area contributed by atoms with Crippen LogP contribution in [0.1, 0.15) is 16.6 Å². The molecule has 2 amide bonds. The topological polar surface area (TPSA) is 88.9 Å². The molecule has 1 aromatic carbocycles. The Kier molecular flexibility index (Phi) is 4.66. The number of nitrogens with one attached hydrogen (secondary N) is 2. The van der Waals surface area contributed by atoms with Crippen LogP contribution in [0.5, 0.6) is 0 Å². The normalized spacial score (nSPS) is 11.7. The van der Waals surface area contributed by atoms with Crippen LogP contribution in [0.4, 0.5) is 10.6 Å². The van der Waals surface area contributed by atoms with Crippen LogP contribution < -0.4 is 16.2 Å². The molecular formula is C16H15N5O2S. The second kappa shape index (κ2) is 7.05. The van der Waals surface area contributed by atoms with Crippen LogP contribution in [0.15, 0.2) is 59.1 Å². The lowest BCUT2D eigenvalue weighted by Crippen LogP contribution is -2.35. The highest BCUT2D eigenvalue weighted by Crippen LogP contribution is 2.23. The molecule has 0 aliphatic rings. The van der Waals surface area contributed by atoms with E-state index in [4.69, 9.17) is 0 Å². The van der Waals surface area contributed by atoms with Crippen molar-refractivity contribution < 1.29 is 4.79 Å². The van der Waals surface area contributed by atoms with Gasteiger partial charge >= 0.3 is 6.03 Å². The molecule has 0 unspecified atom stereocenters. The summed E-state index contributed by atoms with van der Waals surface area (Å²) in [6.07, 6.45) is 4.66. The summed E-state index contributed by atoms with van der Waals surface area (Å²) in [5.74, 6) is -0.0246. The fourth-order valence-electron chi connectivity index (χ4n) is 2.17. The van der Waals surface area contributed by atoms with Gasteiger partial charge in [0.05, 0.1) is 0 Å². The molecule has 0 radical (unpaired) electrons. The van der Waals surface area contributed by atoms with Crippen molar-refractivity contribution in [1.29, 1.82) is 0 Å². The summed E-state index contributed by atoms with van der Waals surface area (Å²) >= 11 is 1.44. The maximum absolute atomic E-state index is 12.3. The van der Waals surface area contributed by atoms with E-state index in [0.29, 0.717) is 0 Å². The van der Waals surface area contributed by atoms with Gasteiger partial charge in [-0.15, -0.1) is 11.3 Å². The van der Waals surface area contributed by atoms with Crippen molar-refractivity contribution >= 4 is 23.2 Å². The number of anilines is 1. The quantitative estimate of drug-likeness (QED) is 0.761. The number of benzene rings is 1. The first-order valence-electron chi connectivity index (χ1n) is 7.18. The number of carbonyl (C=O) groups is 1. The first-order chi connectivity index (χ1) is 11.6. The number of hydrogen-bond acceptors (Lipinski definition) is 5. The number of rotatable bonds is 4. The molecule has 2 heterocycles. The van der Waals surface area contributed by atoms with Gasteiger partial charge in [-0.1, -0.05) is 30.3 Å². The fraction of sp³-hybridized carbons (Fsp3) is 0.125. The summed E-state index contributed by atoms with van der Waals surface area (Å²) in [5, 5.41) is 7.94. The van der Waals surface area contributed by atoms with Crippen molar-refractivity contribution in [3.63, 3.8) is 0 Å². The molecule has 3 rings (SSSR count). The molecular weight excluding hydrogens is 326 g/mol. The first-order valence-corrected chi connectivity index (χ1v) is 8.06. The fourth-order valence-corrected chi connectivity index (χ4v) is 2.88. The molecule has 0 bridgehead atoms. The summed E-state index contributed by atoms with van der Waals surface area (Å²) in [5.41, 5.74) is 0.523. The largest absolute Gasteiger partial charge is 0.324 e. The molecule has 122 valence electrons. The Morgan fingerprint density at radius 2 is 2.00 bits per heavy atom. The molecule has 2 aromatic heterocycles. The Balaban J connectivity index is 1.82. The summed E-state index contributed by atoms with van der Waals surface area (Å²) in [6, 6.07) is 8.58. The highest BCUT2D eigenvalue weighted by molar-refractivity contribution is 7.09. The van der Waals surface area contributed by atoms with E-state index in [1.807, 2.05) is 35.7 Å². The Bertz CT molecular complexity index is 877. The van der Waals surface area contributed by atoms with Crippen molar-refractivity contribution in [3.8, 4) is 0 Å². The third kappa shape index (κ3) is 3.49. The lowest BCUT2D eigenvalue weighted by atomic mass is 10.1. The molecule has 0 spiro atoms. The minimum Gasteiger partial charge on any atom is -0.324 e. The van der Waals surface area contributed by atoms with Crippen molar-refractivity contribution in [1.82, 2.24) is 19.9 Å². The number of thiazole rings is 1. The van der Waals surface area contributed by atoms with Crippen LogP contribution in [-0.4, -0.2) is 20.6 Å². The lowest BCUT2D eigenvalue weighted by Gasteiger charge is -2.17. The molecule has 0 fully saturated rings. The van der Waals surface area contributed by atoms with Gasteiger partial charge in [-0.3, -0.25) is 10.1 Å². The van der Waals surface area contributed by atoms with Crippen molar-refractivity contribution in [2.45, 2.75) is 6.04 Å². The predicted molar refractivity (Wildman–Crippen MR) is 92.0 cm³/mol. The minimum absolute atomic E-state index is 0.0246. The number of carbonyl (C=O) groups excluding carboxylic acids is 1. The van der Waals surface area contributed by atoms with Crippen LogP contribution in [-0.2, 0) is 7.05 Å². The summed E-state index contributed by atoms with van der Waals surface area (Å²) < 4.78 is 1.35. The third-order valence-corrected chi connectivity index (χ3v) is 4.20. The zero-order valence-electron chi connectivity index (χ0n) is 12.8. The molecule has 24 heavy (non-hydrogen) atoms. The van der Waals surface area contributed by atoms with E-state index in [0.717, 1.165) is 10.6 Å². The van der Waals surface area contributed by atoms with Gasteiger partial charge in [-0.05, 0) is 5.56 Å². The van der Waals surface area contributed by atoms with E-state index in [2.05, 4.69) is 20.6 Å². The monoisotopic (exact) mass is 341 g/mol. The van der Waals surface area contributed by atoms with Crippen LogP contribution in [0.3, 0.4) is 0 Å². The van der Waals surface area contributed by atoms with Gasteiger partial charge in [0, 0.05) is 31.0 Å². The van der Waals surface area contributed by atoms with Crippen LogP contribution >= 0.6 is 11.3 Å². The maximum Gasteiger partial charge on any atom is 0.321 e. The molecule has 2 N–H and O–H groups in total.